The van der Waals surface area contributed by atoms with Gasteiger partial charge in [-0.25, -0.2) is 0 Å². The number of fused-ring (bicyclic) bond motifs is 1. The first kappa shape index (κ1) is 24.3. The van der Waals surface area contributed by atoms with Gasteiger partial charge >= 0.3 is 0 Å². The van der Waals surface area contributed by atoms with Gasteiger partial charge in [0.25, 0.3) is 0 Å². The van der Waals surface area contributed by atoms with Crippen LogP contribution in [0.25, 0.3) is 0 Å². The Morgan fingerprint density at radius 1 is 1.07 bits per heavy atom. The summed E-state index contributed by atoms with van der Waals surface area (Å²) in [5, 5.41) is 0.733. The minimum Gasteiger partial charge on any atom is -0.330 e. The largest absolute Gasteiger partial charge is 0.330 e. The van der Waals surface area contributed by atoms with Crippen LogP contribution < -0.4 is 5.73 Å². The zero-order valence-corrected chi connectivity index (χ0v) is 18.9. The lowest BCUT2D eigenvalue weighted by Crippen LogP contribution is -2.63. The van der Waals surface area contributed by atoms with Crippen LogP contribution in [0.4, 0.5) is 0 Å². The molecular weight excluding hydrogens is 433 g/mol. The van der Waals surface area contributed by atoms with Crippen molar-refractivity contribution in [2.75, 3.05) is 19.6 Å². The van der Waals surface area contributed by atoms with Gasteiger partial charge in [0.1, 0.15) is 12.6 Å². The molecule has 1 atom stereocenters. The Morgan fingerprint density at radius 3 is 2.45 bits per heavy atom. The Hall–Kier alpha value is -1.01. The first-order chi connectivity index (χ1) is 13.0. The van der Waals surface area contributed by atoms with Crippen molar-refractivity contribution < 1.29 is 9.59 Å². The number of rotatable bonds is 3. The van der Waals surface area contributed by atoms with Crippen molar-refractivity contribution in [1.29, 1.82) is 0 Å². The van der Waals surface area contributed by atoms with E-state index < -0.39 is 0 Å². The lowest BCUT2D eigenvalue weighted by Gasteiger charge is -2.48. The number of piperazine rings is 1. The molecule has 1 aromatic rings. The predicted octanol–water partition coefficient (Wildman–Crippen LogP) is 3.55. The molecule has 0 radical (unpaired) electrons. The third kappa shape index (κ3) is 4.53. The molecule has 0 spiro atoms. The van der Waals surface area contributed by atoms with Crippen LogP contribution in [0, 0.1) is 0 Å². The molecule has 8 heteroatoms. The van der Waals surface area contributed by atoms with E-state index in [1.165, 1.54) is 5.56 Å². The Labute approximate surface area is 190 Å². The summed E-state index contributed by atoms with van der Waals surface area (Å²) in [6, 6.07) is 7.90. The fourth-order valence-corrected chi connectivity index (χ4v) is 5.39. The second-order valence-corrected chi connectivity index (χ2v) is 8.73. The van der Waals surface area contributed by atoms with Gasteiger partial charge in [-0.3, -0.25) is 9.59 Å². The van der Waals surface area contributed by atoms with Crippen molar-refractivity contribution >= 4 is 48.2 Å². The summed E-state index contributed by atoms with van der Waals surface area (Å²) in [6.07, 6.45) is 6.46. The number of benzene rings is 1. The smallest absolute Gasteiger partial charge is 0.246 e. The van der Waals surface area contributed by atoms with Gasteiger partial charge < -0.3 is 15.5 Å². The molecule has 2 amide bonds. The maximum absolute atomic E-state index is 13.0. The van der Waals surface area contributed by atoms with Crippen LogP contribution in [0.1, 0.15) is 50.5 Å². The van der Waals surface area contributed by atoms with Crippen molar-refractivity contribution in [3.8, 4) is 0 Å². The van der Waals surface area contributed by atoms with Crippen LogP contribution in [0.3, 0.4) is 0 Å². The number of hydrogen-bond acceptors (Lipinski definition) is 3. The molecule has 1 aromatic carbocycles. The summed E-state index contributed by atoms with van der Waals surface area (Å²) in [6.45, 7) is 1.55. The molecule has 3 fully saturated rings. The van der Waals surface area contributed by atoms with Crippen molar-refractivity contribution in [3.63, 3.8) is 0 Å². The molecule has 2 heterocycles. The van der Waals surface area contributed by atoms with Gasteiger partial charge in [-0.1, -0.05) is 23.7 Å². The molecule has 2 aliphatic heterocycles. The molecule has 0 unspecified atom stereocenters. The number of halogens is 3. The van der Waals surface area contributed by atoms with Crippen LogP contribution in [-0.2, 0) is 15.0 Å². The highest BCUT2D eigenvalue weighted by Crippen LogP contribution is 2.41. The Balaban J connectivity index is 0.00000150. The summed E-state index contributed by atoms with van der Waals surface area (Å²) in [5.41, 5.74) is 7.30. The highest BCUT2D eigenvalue weighted by molar-refractivity contribution is 6.30. The Bertz CT molecular complexity index is 738. The lowest BCUT2D eigenvalue weighted by atomic mass is 9.68. The maximum Gasteiger partial charge on any atom is 0.246 e. The fourth-order valence-electron chi connectivity index (χ4n) is 5.20. The van der Waals surface area contributed by atoms with E-state index in [0.717, 1.165) is 56.5 Å². The van der Waals surface area contributed by atoms with Gasteiger partial charge in [0.15, 0.2) is 0 Å². The van der Waals surface area contributed by atoms with E-state index in [0.29, 0.717) is 6.54 Å². The third-order valence-corrected chi connectivity index (χ3v) is 7.11. The van der Waals surface area contributed by atoms with Gasteiger partial charge in [-0.05, 0) is 62.6 Å². The number of carbonyl (C=O) groups excluding carboxylic acids is 2. The molecule has 1 aliphatic carbocycles. The van der Waals surface area contributed by atoms with Crippen LogP contribution in [-0.4, -0.2) is 53.3 Å². The number of nitrogens with two attached hydrogens (primary N) is 1. The van der Waals surface area contributed by atoms with Gasteiger partial charge in [-0.15, -0.1) is 24.8 Å². The van der Waals surface area contributed by atoms with Crippen molar-refractivity contribution in [2.45, 2.75) is 62.4 Å². The molecule has 2 N–H and O–H groups in total. The number of hydrogen-bond donors (Lipinski definition) is 1. The summed E-state index contributed by atoms with van der Waals surface area (Å²) >= 11 is 6.20. The minimum atomic E-state index is -0.228. The molecule has 2 saturated heterocycles. The Kier molecular flexibility index (Phi) is 8.25. The van der Waals surface area contributed by atoms with Crippen LogP contribution in [0.5, 0.6) is 0 Å². The molecule has 0 bridgehead atoms. The topological polar surface area (TPSA) is 66.6 Å². The first-order valence-corrected chi connectivity index (χ1v) is 10.5. The van der Waals surface area contributed by atoms with Gasteiger partial charge in [0.05, 0.1) is 0 Å². The monoisotopic (exact) mass is 461 g/mol. The molecule has 29 heavy (non-hydrogen) atoms. The lowest BCUT2D eigenvalue weighted by molar-refractivity contribution is -0.160. The fraction of sp³-hybridized carbons (Fsp3) is 0.619. The second-order valence-electron chi connectivity index (χ2n) is 8.29. The minimum absolute atomic E-state index is 0. The van der Waals surface area contributed by atoms with Crippen LogP contribution in [0.15, 0.2) is 24.3 Å². The van der Waals surface area contributed by atoms with Gasteiger partial charge in [0, 0.05) is 29.6 Å². The number of piperidine rings is 1. The zero-order valence-electron chi connectivity index (χ0n) is 16.5. The van der Waals surface area contributed by atoms with E-state index in [4.69, 9.17) is 17.3 Å². The highest BCUT2D eigenvalue weighted by Gasteiger charge is 2.45. The summed E-state index contributed by atoms with van der Waals surface area (Å²) in [4.78, 5) is 29.3. The van der Waals surface area contributed by atoms with E-state index in [2.05, 4.69) is 6.07 Å². The van der Waals surface area contributed by atoms with E-state index in [9.17, 15) is 9.59 Å². The zero-order chi connectivity index (χ0) is 19.0. The second kappa shape index (κ2) is 9.86. The number of nitrogens with zero attached hydrogens (tertiary/aromatic N) is 2. The van der Waals surface area contributed by atoms with E-state index in [1.807, 2.05) is 23.1 Å². The number of carbonyl (C=O) groups is 2. The molecule has 4 rings (SSSR count). The molecule has 3 aliphatic rings. The quantitative estimate of drug-likeness (QED) is 0.747. The molecule has 0 aromatic heterocycles. The van der Waals surface area contributed by atoms with Crippen molar-refractivity contribution in [2.24, 2.45) is 5.73 Å². The van der Waals surface area contributed by atoms with E-state index in [1.54, 1.807) is 4.90 Å². The van der Waals surface area contributed by atoms with Crippen LogP contribution >= 0.6 is 36.4 Å². The summed E-state index contributed by atoms with van der Waals surface area (Å²) in [5.74, 6) is 0.270. The normalized spacial score (nSPS) is 29.6. The number of amides is 2. The first-order valence-electron chi connectivity index (χ1n) is 10.1. The van der Waals surface area contributed by atoms with E-state index >= 15 is 0 Å². The molecule has 162 valence electrons. The van der Waals surface area contributed by atoms with Crippen molar-refractivity contribution in [3.05, 3.63) is 34.9 Å². The average Bonchev–Trinajstić information content (AvgIpc) is 2.71. The molecule has 5 nitrogen and oxygen atoms in total. The molecular formula is C21H30Cl3N3O2. The third-order valence-electron chi connectivity index (χ3n) is 6.88. The maximum atomic E-state index is 13.0. The highest BCUT2D eigenvalue weighted by atomic mass is 35.5. The van der Waals surface area contributed by atoms with Crippen LogP contribution in [0.2, 0.25) is 5.02 Å². The summed E-state index contributed by atoms with van der Waals surface area (Å²) in [7, 11) is 0. The van der Waals surface area contributed by atoms with Gasteiger partial charge in [-0.2, -0.15) is 0 Å². The van der Waals surface area contributed by atoms with Gasteiger partial charge in [0.2, 0.25) is 11.8 Å². The summed E-state index contributed by atoms with van der Waals surface area (Å²) < 4.78 is 0. The SMILES string of the molecule is Cl.Cl.NCC1(c2cccc(Cl)c2)CCC(N2CC(=O)N3CCCC[C@H]3C2=O)CC1. The average molecular weight is 463 g/mol. The van der Waals surface area contributed by atoms with E-state index in [-0.39, 0.29) is 60.7 Å². The standard InChI is InChI=1S/C21H28ClN3O2.2ClH/c22-16-5-3-4-15(12-16)21(14-23)9-7-17(8-10-21)25-13-19(26)24-11-2-1-6-18(24)20(25)27;;/h3-5,12,17-18H,1-2,6-11,13-14,23H2;2*1H/t17?,18-,21?;;/m0../s1. The predicted molar refractivity (Wildman–Crippen MR) is 120 cm³/mol. The van der Waals surface area contributed by atoms with Crippen molar-refractivity contribution in [1.82, 2.24) is 9.80 Å². The molecule has 1 saturated carbocycles. The Morgan fingerprint density at radius 2 is 1.79 bits per heavy atom.